The maximum absolute atomic E-state index is 11.4. The van der Waals surface area contributed by atoms with Gasteiger partial charge in [0, 0.05) is 6.66 Å². The second-order valence-corrected chi connectivity index (χ2v) is 6.23. The first-order valence-electron chi connectivity index (χ1n) is 3.26. The Balaban J connectivity index is 3.65. The highest BCUT2D eigenvalue weighted by atomic mass is 35.5. The lowest BCUT2D eigenvalue weighted by atomic mass is 10.5. The van der Waals surface area contributed by atoms with Gasteiger partial charge in [-0.05, 0) is 0 Å². The molecule has 1 aromatic rings. The minimum atomic E-state index is -3.62. The summed E-state index contributed by atoms with van der Waals surface area (Å²) in [6, 6.07) is 0. The molecule has 0 aliphatic rings. The SMILES string of the molecule is CP(=O)(O)c1c(Cl)c(Cl)nc(Cl)c1Cl. The van der Waals surface area contributed by atoms with Crippen LogP contribution in [0, 0.1) is 0 Å². The summed E-state index contributed by atoms with van der Waals surface area (Å²) < 4.78 is 11.4. The van der Waals surface area contributed by atoms with E-state index in [1.54, 1.807) is 0 Å². The van der Waals surface area contributed by atoms with Crippen LogP contribution < -0.4 is 5.30 Å². The van der Waals surface area contributed by atoms with Crippen LogP contribution in [0.15, 0.2) is 0 Å². The molecule has 8 heteroatoms. The van der Waals surface area contributed by atoms with Gasteiger partial charge in [-0.2, -0.15) is 0 Å². The van der Waals surface area contributed by atoms with Gasteiger partial charge in [-0.25, -0.2) is 4.98 Å². The number of nitrogens with zero attached hydrogens (tertiary/aromatic N) is 1. The van der Waals surface area contributed by atoms with Crippen molar-refractivity contribution in [2.45, 2.75) is 0 Å². The van der Waals surface area contributed by atoms with Crippen molar-refractivity contribution in [3.05, 3.63) is 20.4 Å². The summed E-state index contributed by atoms with van der Waals surface area (Å²) in [5.41, 5.74) is 0. The fourth-order valence-corrected chi connectivity index (χ4v) is 3.58. The van der Waals surface area contributed by atoms with Crippen LogP contribution in [0.1, 0.15) is 0 Å². The van der Waals surface area contributed by atoms with Crippen LogP contribution in [-0.2, 0) is 4.57 Å². The van der Waals surface area contributed by atoms with E-state index in [4.69, 9.17) is 46.4 Å². The van der Waals surface area contributed by atoms with E-state index in [0.29, 0.717) is 0 Å². The quantitative estimate of drug-likeness (QED) is 0.639. The Bertz CT molecular complexity index is 404. The molecular weight excluding hydrogens is 291 g/mol. The summed E-state index contributed by atoms with van der Waals surface area (Å²) in [5, 5.41) is -0.742. The van der Waals surface area contributed by atoms with Crippen molar-refractivity contribution >= 4 is 59.1 Å². The molecule has 0 fully saturated rings. The fourth-order valence-electron chi connectivity index (χ4n) is 0.840. The molecule has 0 saturated heterocycles. The Morgan fingerprint density at radius 1 is 1.14 bits per heavy atom. The van der Waals surface area contributed by atoms with E-state index < -0.39 is 7.37 Å². The highest BCUT2D eigenvalue weighted by Crippen LogP contribution is 2.43. The summed E-state index contributed by atoms with van der Waals surface area (Å²) in [7, 11) is -3.62. The van der Waals surface area contributed by atoms with E-state index in [1.165, 1.54) is 0 Å². The first-order chi connectivity index (χ1) is 6.25. The Kier molecular flexibility index (Phi) is 3.74. The predicted octanol–water partition coefficient (Wildman–Crippen LogP) is 3.22. The molecule has 0 aliphatic carbocycles. The number of hydrogen-bond acceptors (Lipinski definition) is 2. The Hall–Kier alpha value is 0.500. The molecule has 0 radical (unpaired) electrons. The van der Waals surface area contributed by atoms with Crippen LogP contribution >= 0.6 is 53.8 Å². The molecule has 1 rings (SSSR count). The molecule has 1 unspecified atom stereocenters. The highest BCUT2D eigenvalue weighted by molar-refractivity contribution is 7.65. The number of aromatic nitrogens is 1. The molecule has 1 atom stereocenters. The van der Waals surface area contributed by atoms with Gasteiger partial charge in [0.2, 0.25) is 7.37 Å². The van der Waals surface area contributed by atoms with Crippen LogP contribution in [0.5, 0.6) is 0 Å². The van der Waals surface area contributed by atoms with Gasteiger partial charge < -0.3 is 4.89 Å². The minimum Gasteiger partial charge on any atom is -0.341 e. The Morgan fingerprint density at radius 3 is 1.79 bits per heavy atom. The third-order valence-corrected chi connectivity index (χ3v) is 4.41. The first-order valence-corrected chi connectivity index (χ1v) is 6.88. The lowest BCUT2D eigenvalue weighted by molar-refractivity contribution is 0.496. The van der Waals surface area contributed by atoms with Crippen LogP contribution in [0.3, 0.4) is 0 Å². The molecule has 1 heterocycles. The van der Waals surface area contributed by atoms with Gasteiger partial charge in [-0.15, -0.1) is 0 Å². The van der Waals surface area contributed by atoms with Crippen molar-refractivity contribution < 1.29 is 9.46 Å². The number of rotatable bonds is 1. The summed E-state index contributed by atoms with van der Waals surface area (Å²) in [4.78, 5) is 12.9. The molecule has 0 aromatic carbocycles. The molecule has 78 valence electrons. The molecule has 0 amide bonds. The Morgan fingerprint density at radius 2 is 1.50 bits per heavy atom. The maximum Gasteiger partial charge on any atom is 0.229 e. The lowest BCUT2D eigenvalue weighted by Crippen LogP contribution is -2.09. The average Bonchev–Trinajstić information content (AvgIpc) is 1.98. The molecule has 14 heavy (non-hydrogen) atoms. The second kappa shape index (κ2) is 4.17. The monoisotopic (exact) mass is 293 g/mol. The largest absolute Gasteiger partial charge is 0.341 e. The van der Waals surface area contributed by atoms with Crippen molar-refractivity contribution in [2.24, 2.45) is 0 Å². The third-order valence-electron chi connectivity index (χ3n) is 1.39. The van der Waals surface area contributed by atoms with E-state index in [1.807, 2.05) is 0 Å². The molecule has 0 bridgehead atoms. The second-order valence-electron chi connectivity index (χ2n) is 2.55. The lowest BCUT2D eigenvalue weighted by Gasteiger charge is -2.11. The topological polar surface area (TPSA) is 50.2 Å². The van der Waals surface area contributed by atoms with Crippen molar-refractivity contribution in [3.63, 3.8) is 0 Å². The van der Waals surface area contributed by atoms with Gasteiger partial charge >= 0.3 is 0 Å². The maximum atomic E-state index is 11.4. The van der Waals surface area contributed by atoms with Crippen LogP contribution in [0.2, 0.25) is 20.4 Å². The molecule has 0 aliphatic heterocycles. The van der Waals surface area contributed by atoms with E-state index in [2.05, 4.69) is 4.98 Å². The van der Waals surface area contributed by atoms with Gasteiger partial charge in [0.15, 0.2) is 0 Å². The number of halogens is 4. The normalized spacial score (nSPS) is 15.3. The van der Waals surface area contributed by atoms with E-state index in [9.17, 15) is 9.46 Å². The van der Waals surface area contributed by atoms with E-state index in [-0.39, 0.29) is 25.7 Å². The summed E-state index contributed by atoms with van der Waals surface area (Å²) in [6.45, 7) is 1.09. The van der Waals surface area contributed by atoms with Crippen molar-refractivity contribution in [1.82, 2.24) is 4.98 Å². The molecule has 3 nitrogen and oxygen atoms in total. The summed E-state index contributed by atoms with van der Waals surface area (Å²) in [5.74, 6) is 0. The number of hydrogen-bond donors (Lipinski definition) is 1. The smallest absolute Gasteiger partial charge is 0.229 e. The van der Waals surface area contributed by atoms with E-state index >= 15 is 0 Å². The summed E-state index contributed by atoms with van der Waals surface area (Å²) in [6.07, 6.45) is 0. The van der Waals surface area contributed by atoms with E-state index in [0.717, 1.165) is 6.66 Å². The van der Waals surface area contributed by atoms with Crippen molar-refractivity contribution in [2.75, 3.05) is 6.66 Å². The van der Waals surface area contributed by atoms with Gasteiger partial charge in [0.25, 0.3) is 0 Å². The van der Waals surface area contributed by atoms with Crippen LogP contribution in [0.25, 0.3) is 0 Å². The summed E-state index contributed by atoms with van der Waals surface area (Å²) >= 11 is 22.5. The molecule has 1 aromatic heterocycles. The van der Waals surface area contributed by atoms with Gasteiger partial charge in [0.05, 0.1) is 15.3 Å². The van der Waals surface area contributed by atoms with Gasteiger partial charge in [-0.1, -0.05) is 46.4 Å². The fraction of sp³-hybridized carbons (Fsp3) is 0.167. The first kappa shape index (κ1) is 12.6. The zero-order chi connectivity index (χ0) is 11.1. The minimum absolute atomic E-state index is 0.144. The van der Waals surface area contributed by atoms with Crippen molar-refractivity contribution in [3.8, 4) is 0 Å². The zero-order valence-corrected chi connectivity index (χ0v) is 10.7. The number of pyridine rings is 1. The molecule has 0 saturated carbocycles. The Labute approximate surface area is 100 Å². The molecule has 0 spiro atoms. The highest BCUT2D eigenvalue weighted by Gasteiger charge is 2.26. The van der Waals surface area contributed by atoms with Gasteiger partial charge in [0.1, 0.15) is 10.3 Å². The van der Waals surface area contributed by atoms with Crippen molar-refractivity contribution in [1.29, 1.82) is 0 Å². The predicted molar refractivity (Wildman–Crippen MR) is 59.7 cm³/mol. The van der Waals surface area contributed by atoms with Crippen LogP contribution in [-0.4, -0.2) is 16.5 Å². The van der Waals surface area contributed by atoms with Crippen LogP contribution in [0.4, 0.5) is 0 Å². The standard InChI is InChI=1S/C6H4Cl4NO2P/c1-14(12,13)4-2(7)5(9)11-6(10)3(4)8/h1H3,(H,12,13). The zero-order valence-electron chi connectivity index (χ0n) is 6.76. The van der Waals surface area contributed by atoms with Gasteiger partial charge in [-0.3, -0.25) is 4.57 Å². The third kappa shape index (κ3) is 2.35. The average molecular weight is 295 g/mol. The molecular formula is C6H4Cl4NO2P. The molecule has 1 N–H and O–H groups in total.